The maximum absolute atomic E-state index is 12.2. The summed E-state index contributed by atoms with van der Waals surface area (Å²) in [7, 11) is 0. The van der Waals surface area contributed by atoms with Crippen molar-refractivity contribution in [2.75, 3.05) is 36.5 Å². The van der Waals surface area contributed by atoms with E-state index in [4.69, 9.17) is 9.47 Å². The van der Waals surface area contributed by atoms with Crippen molar-refractivity contribution in [1.29, 1.82) is 0 Å². The molecule has 0 spiro atoms. The number of fused-ring (bicyclic) bond motifs is 2. The van der Waals surface area contributed by atoms with Gasteiger partial charge in [0.15, 0.2) is 11.5 Å². The molecule has 0 bridgehead atoms. The largest absolute Gasteiger partial charge is 0.486 e. The first kappa shape index (κ1) is 14.0. The van der Waals surface area contributed by atoms with Crippen LogP contribution >= 0.6 is 0 Å². The minimum Gasteiger partial charge on any atom is -0.486 e. The number of amides is 1. The molecule has 1 aromatic carbocycles. The Morgan fingerprint density at radius 3 is 2.67 bits per heavy atom. The van der Waals surface area contributed by atoms with Gasteiger partial charge in [-0.3, -0.25) is 4.79 Å². The molecule has 0 atom stereocenters. The lowest BCUT2D eigenvalue weighted by molar-refractivity contribution is -0.117. The number of anilines is 2. The van der Waals surface area contributed by atoms with Crippen molar-refractivity contribution in [3.8, 4) is 11.5 Å². The summed E-state index contributed by atoms with van der Waals surface area (Å²) in [6.45, 7) is 4.44. The summed E-state index contributed by atoms with van der Waals surface area (Å²) >= 11 is 0. The van der Waals surface area contributed by atoms with Crippen LogP contribution in [0.4, 0.5) is 11.4 Å². The van der Waals surface area contributed by atoms with Gasteiger partial charge in [0.05, 0.1) is 17.9 Å². The van der Waals surface area contributed by atoms with Gasteiger partial charge in [0, 0.05) is 18.7 Å². The first-order valence-corrected chi connectivity index (χ1v) is 7.77. The van der Waals surface area contributed by atoms with E-state index >= 15 is 0 Å². The molecule has 0 aliphatic carbocycles. The van der Waals surface area contributed by atoms with Crippen molar-refractivity contribution in [2.24, 2.45) is 0 Å². The fourth-order valence-electron chi connectivity index (χ4n) is 2.79. The lowest BCUT2D eigenvalue weighted by atomic mass is 10.1. The van der Waals surface area contributed by atoms with Gasteiger partial charge in [0.1, 0.15) is 13.2 Å². The zero-order valence-corrected chi connectivity index (χ0v) is 12.5. The molecule has 2 aliphatic heterocycles. The molecule has 5 nitrogen and oxygen atoms in total. The van der Waals surface area contributed by atoms with Crippen molar-refractivity contribution in [2.45, 2.75) is 32.6 Å². The van der Waals surface area contributed by atoms with E-state index in [0.717, 1.165) is 42.3 Å². The van der Waals surface area contributed by atoms with Gasteiger partial charge >= 0.3 is 0 Å². The number of carbonyl (C=O) groups is 1. The third-order valence-electron chi connectivity index (χ3n) is 3.92. The van der Waals surface area contributed by atoms with Crippen LogP contribution in [0.1, 0.15) is 32.6 Å². The molecule has 2 heterocycles. The first-order valence-electron chi connectivity index (χ1n) is 7.77. The molecule has 5 heteroatoms. The molecule has 0 aromatic heterocycles. The minimum absolute atomic E-state index is 0.121. The number of carbonyl (C=O) groups excluding carboxylic acids is 1. The highest BCUT2D eigenvalue weighted by Crippen LogP contribution is 2.41. The predicted octanol–water partition coefficient (Wildman–Crippen LogP) is 2.80. The third kappa shape index (κ3) is 2.91. The zero-order valence-electron chi connectivity index (χ0n) is 12.5. The van der Waals surface area contributed by atoms with Crippen molar-refractivity contribution >= 4 is 17.3 Å². The summed E-state index contributed by atoms with van der Waals surface area (Å²) in [4.78, 5) is 14.1. The van der Waals surface area contributed by atoms with Gasteiger partial charge in [-0.15, -0.1) is 0 Å². The van der Waals surface area contributed by atoms with Gasteiger partial charge in [-0.2, -0.15) is 0 Å². The number of rotatable bonds is 5. The fraction of sp³-hybridized carbons (Fsp3) is 0.562. The summed E-state index contributed by atoms with van der Waals surface area (Å²) in [5.41, 5.74) is 1.86. The normalized spacial score (nSPS) is 16.4. The van der Waals surface area contributed by atoms with Crippen LogP contribution in [-0.2, 0) is 4.79 Å². The number of benzene rings is 1. The molecule has 1 aromatic rings. The second-order valence-corrected chi connectivity index (χ2v) is 5.47. The van der Waals surface area contributed by atoms with E-state index in [1.165, 1.54) is 12.8 Å². The Morgan fingerprint density at radius 1 is 1.14 bits per heavy atom. The molecule has 3 rings (SSSR count). The number of nitrogens with zero attached hydrogens (tertiary/aromatic N) is 1. The molecular weight excluding hydrogens is 268 g/mol. The minimum atomic E-state index is 0.121. The van der Waals surface area contributed by atoms with Gasteiger partial charge in [-0.25, -0.2) is 0 Å². The molecule has 114 valence electrons. The highest BCUT2D eigenvalue weighted by atomic mass is 16.6. The van der Waals surface area contributed by atoms with Crippen LogP contribution in [0, 0.1) is 0 Å². The van der Waals surface area contributed by atoms with Gasteiger partial charge in [0.2, 0.25) is 5.91 Å². The van der Waals surface area contributed by atoms with Crippen LogP contribution in [0.5, 0.6) is 11.5 Å². The van der Waals surface area contributed by atoms with E-state index in [0.29, 0.717) is 19.8 Å². The Kier molecular flexibility index (Phi) is 4.18. The van der Waals surface area contributed by atoms with Gasteiger partial charge in [0.25, 0.3) is 0 Å². The van der Waals surface area contributed by atoms with Crippen LogP contribution in [0.3, 0.4) is 0 Å². The molecule has 0 saturated heterocycles. The number of hydrogen-bond acceptors (Lipinski definition) is 4. The van der Waals surface area contributed by atoms with Crippen molar-refractivity contribution in [1.82, 2.24) is 0 Å². The quantitative estimate of drug-likeness (QED) is 0.847. The topological polar surface area (TPSA) is 50.8 Å². The predicted molar refractivity (Wildman–Crippen MR) is 82.4 cm³/mol. The highest BCUT2D eigenvalue weighted by Gasteiger charge is 2.26. The zero-order chi connectivity index (χ0) is 14.7. The van der Waals surface area contributed by atoms with Crippen LogP contribution in [0.2, 0.25) is 0 Å². The van der Waals surface area contributed by atoms with Gasteiger partial charge in [-0.05, 0) is 6.42 Å². The summed E-state index contributed by atoms with van der Waals surface area (Å²) in [6.07, 6.45) is 4.61. The first-order chi connectivity index (χ1) is 10.3. The lowest BCUT2D eigenvalue weighted by Gasteiger charge is -2.32. The van der Waals surface area contributed by atoms with Crippen molar-refractivity contribution in [3.63, 3.8) is 0 Å². The molecule has 2 aliphatic rings. The average molecular weight is 290 g/mol. The fourth-order valence-corrected chi connectivity index (χ4v) is 2.79. The van der Waals surface area contributed by atoms with Crippen LogP contribution in [-0.4, -0.2) is 32.2 Å². The Bertz CT molecular complexity index is 530. The number of hydrogen-bond donors (Lipinski definition) is 1. The summed E-state index contributed by atoms with van der Waals surface area (Å²) in [5, 5.41) is 3.17. The standard InChI is InChI=1S/C16H22N2O3/c1-2-3-4-5-6-18-13-10-15-14(20-7-8-21-15)9-12(13)17-11-16(18)19/h9-10,17H,2-8,11H2,1H3. The molecule has 1 N–H and O–H groups in total. The maximum atomic E-state index is 12.2. The maximum Gasteiger partial charge on any atom is 0.246 e. The molecule has 0 fully saturated rings. The van der Waals surface area contributed by atoms with Crippen LogP contribution in [0.15, 0.2) is 12.1 Å². The SMILES string of the molecule is CCCCCCN1C(=O)CNc2cc3c(cc21)OCCO3. The molecule has 21 heavy (non-hydrogen) atoms. The Hall–Kier alpha value is -1.91. The average Bonchev–Trinajstić information content (AvgIpc) is 2.51. The third-order valence-corrected chi connectivity index (χ3v) is 3.92. The Morgan fingerprint density at radius 2 is 1.90 bits per heavy atom. The van der Waals surface area contributed by atoms with E-state index in [1.807, 2.05) is 17.0 Å². The molecule has 1 amide bonds. The Balaban J connectivity index is 1.81. The molecular formula is C16H22N2O3. The summed E-state index contributed by atoms with van der Waals surface area (Å²) in [5.74, 6) is 1.61. The number of nitrogens with one attached hydrogen (secondary N) is 1. The number of unbranched alkanes of at least 4 members (excludes halogenated alkanes) is 3. The van der Waals surface area contributed by atoms with E-state index < -0.39 is 0 Å². The molecule has 0 radical (unpaired) electrons. The number of ether oxygens (including phenoxy) is 2. The monoisotopic (exact) mass is 290 g/mol. The second-order valence-electron chi connectivity index (χ2n) is 5.47. The summed E-state index contributed by atoms with van der Waals surface area (Å²) in [6, 6.07) is 3.86. The van der Waals surface area contributed by atoms with E-state index in [9.17, 15) is 4.79 Å². The smallest absolute Gasteiger partial charge is 0.246 e. The van der Waals surface area contributed by atoms with Gasteiger partial charge in [-0.1, -0.05) is 26.2 Å². The van der Waals surface area contributed by atoms with Crippen LogP contribution < -0.4 is 19.7 Å². The summed E-state index contributed by atoms with van der Waals surface area (Å²) < 4.78 is 11.2. The highest BCUT2D eigenvalue weighted by molar-refractivity contribution is 6.03. The molecule has 0 unspecified atom stereocenters. The van der Waals surface area contributed by atoms with Gasteiger partial charge < -0.3 is 19.7 Å². The lowest BCUT2D eigenvalue weighted by Crippen LogP contribution is -2.40. The van der Waals surface area contributed by atoms with E-state index in [-0.39, 0.29) is 5.91 Å². The van der Waals surface area contributed by atoms with Crippen molar-refractivity contribution < 1.29 is 14.3 Å². The van der Waals surface area contributed by atoms with Crippen LogP contribution in [0.25, 0.3) is 0 Å². The second kappa shape index (κ2) is 6.24. The molecule has 0 saturated carbocycles. The Labute approximate surface area is 125 Å². The van der Waals surface area contributed by atoms with Crippen molar-refractivity contribution in [3.05, 3.63) is 12.1 Å². The van der Waals surface area contributed by atoms with E-state index in [1.54, 1.807) is 0 Å². The van der Waals surface area contributed by atoms with E-state index in [2.05, 4.69) is 12.2 Å².